The van der Waals surface area contributed by atoms with Crippen LogP contribution in [0.1, 0.15) is 12.8 Å². The van der Waals surface area contributed by atoms with Gasteiger partial charge in [0.1, 0.15) is 0 Å². The lowest BCUT2D eigenvalue weighted by molar-refractivity contribution is 0.249. The van der Waals surface area contributed by atoms with Crippen LogP contribution in [0.5, 0.6) is 0 Å². The number of amides is 2. The van der Waals surface area contributed by atoms with Crippen molar-refractivity contribution in [1.82, 2.24) is 10.3 Å². The van der Waals surface area contributed by atoms with Crippen molar-refractivity contribution in [2.24, 2.45) is 5.92 Å². The van der Waals surface area contributed by atoms with E-state index < -0.39 is 0 Å². The van der Waals surface area contributed by atoms with Crippen LogP contribution in [-0.4, -0.2) is 30.6 Å². The van der Waals surface area contributed by atoms with Crippen LogP contribution in [0, 0.1) is 5.92 Å². The number of nitrogens with zero attached hydrogens (tertiary/aromatic N) is 2. The van der Waals surface area contributed by atoms with Crippen LogP contribution in [0.4, 0.5) is 15.6 Å². The summed E-state index contributed by atoms with van der Waals surface area (Å²) in [6.45, 7) is 2.71. The molecular weight excluding hydrogens is 296 g/mol. The summed E-state index contributed by atoms with van der Waals surface area (Å²) in [4.78, 5) is 18.6. The molecule has 2 N–H and O–H groups in total. The Morgan fingerprint density at radius 1 is 1.36 bits per heavy atom. The van der Waals surface area contributed by atoms with E-state index in [2.05, 4.69) is 20.5 Å². The molecule has 22 heavy (non-hydrogen) atoms. The van der Waals surface area contributed by atoms with Gasteiger partial charge in [-0.1, -0.05) is 18.2 Å². The van der Waals surface area contributed by atoms with Crippen molar-refractivity contribution in [2.45, 2.75) is 12.8 Å². The van der Waals surface area contributed by atoms with Gasteiger partial charge in [0.15, 0.2) is 5.13 Å². The minimum absolute atomic E-state index is 0.141. The summed E-state index contributed by atoms with van der Waals surface area (Å²) >= 11 is 1.67. The predicted octanol–water partition coefficient (Wildman–Crippen LogP) is 3.18. The molecular formula is C16H20N4OS. The zero-order valence-corrected chi connectivity index (χ0v) is 13.2. The standard InChI is InChI=1S/C16H20N4OS/c21-15(19-14-6-2-1-3-7-14)18-11-13-5-4-9-20(12-13)16-17-8-10-22-16/h1-3,6-8,10,13H,4-5,9,11-12H2,(H2,18,19,21). The molecule has 5 nitrogen and oxygen atoms in total. The van der Waals surface area contributed by atoms with Gasteiger partial charge >= 0.3 is 6.03 Å². The van der Waals surface area contributed by atoms with Crippen LogP contribution >= 0.6 is 11.3 Å². The number of urea groups is 1. The Morgan fingerprint density at radius 3 is 3.00 bits per heavy atom. The SMILES string of the molecule is O=C(NCC1CCCN(c2nccs2)C1)Nc1ccccc1. The first-order valence-corrected chi connectivity index (χ1v) is 8.43. The molecule has 6 heteroatoms. The van der Waals surface area contributed by atoms with Crippen LogP contribution in [0.2, 0.25) is 0 Å². The van der Waals surface area contributed by atoms with Crippen LogP contribution in [0.25, 0.3) is 0 Å². The third-order valence-corrected chi connectivity index (χ3v) is 4.62. The van der Waals surface area contributed by atoms with E-state index in [4.69, 9.17) is 0 Å². The lowest BCUT2D eigenvalue weighted by atomic mass is 9.98. The fourth-order valence-corrected chi connectivity index (χ4v) is 3.39. The molecule has 1 aliphatic heterocycles. The number of piperidine rings is 1. The number of carbonyl (C=O) groups is 1. The maximum atomic E-state index is 11.9. The van der Waals surface area contributed by atoms with E-state index in [1.54, 1.807) is 11.3 Å². The Bertz CT molecular complexity index is 587. The molecule has 1 saturated heterocycles. The predicted molar refractivity (Wildman–Crippen MR) is 90.5 cm³/mol. The summed E-state index contributed by atoms with van der Waals surface area (Å²) < 4.78 is 0. The molecule has 1 aliphatic rings. The second-order valence-corrected chi connectivity index (χ2v) is 6.34. The molecule has 2 amide bonds. The molecule has 1 aromatic carbocycles. The van der Waals surface area contributed by atoms with Crippen LogP contribution in [-0.2, 0) is 0 Å². The van der Waals surface area contributed by atoms with Gasteiger partial charge in [-0.05, 0) is 30.9 Å². The smallest absolute Gasteiger partial charge is 0.319 e. The van der Waals surface area contributed by atoms with Crippen molar-refractivity contribution in [3.05, 3.63) is 41.9 Å². The number of rotatable bonds is 4. The Morgan fingerprint density at radius 2 is 2.23 bits per heavy atom. The van der Waals surface area contributed by atoms with Gasteiger partial charge in [-0.15, -0.1) is 11.3 Å². The van der Waals surface area contributed by atoms with E-state index in [1.165, 1.54) is 0 Å². The number of para-hydroxylation sites is 1. The zero-order chi connectivity index (χ0) is 15.2. The highest BCUT2D eigenvalue weighted by Crippen LogP contribution is 2.24. The van der Waals surface area contributed by atoms with E-state index in [9.17, 15) is 4.79 Å². The fraction of sp³-hybridized carbons (Fsp3) is 0.375. The highest BCUT2D eigenvalue weighted by molar-refractivity contribution is 7.13. The first-order valence-electron chi connectivity index (χ1n) is 7.55. The number of thiazole rings is 1. The van der Waals surface area contributed by atoms with E-state index in [0.29, 0.717) is 12.5 Å². The summed E-state index contributed by atoms with van der Waals surface area (Å²) in [5.41, 5.74) is 0.813. The van der Waals surface area contributed by atoms with Crippen molar-refractivity contribution in [1.29, 1.82) is 0 Å². The highest BCUT2D eigenvalue weighted by atomic mass is 32.1. The number of nitrogens with one attached hydrogen (secondary N) is 2. The third kappa shape index (κ3) is 3.98. The topological polar surface area (TPSA) is 57.3 Å². The Balaban J connectivity index is 1.46. The number of anilines is 2. The summed E-state index contributed by atoms with van der Waals surface area (Å²) in [5, 5.41) is 8.91. The average Bonchev–Trinajstić information content (AvgIpc) is 3.09. The van der Waals surface area contributed by atoms with E-state index in [-0.39, 0.29) is 6.03 Å². The number of benzene rings is 1. The van der Waals surface area contributed by atoms with Gasteiger partial charge in [-0.2, -0.15) is 0 Å². The highest BCUT2D eigenvalue weighted by Gasteiger charge is 2.21. The zero-order valence-electron chi connectivity index (χ0n) is 12.4. The molecule has 0 bridgehead atoms. The van der Waals surface area contributed by atoms with Gasteiger partial charge in [0, 0.05) is 36.9 Å². The molecule has 0 aliphatic carbocycles. The molecule has 1 aromatic heterocycles. The number of hydrogen-bond donors (Lipinski definition) is 2. The molecule has 3 rings (SSSR count). The minimum atomic E-state index is -0.141. The molecule has 0 saturated carbocycles. The second-order valence-electron chi connectivity index (χ2n) is 5.47. The monoisotopic (exact) mass is 316 g/mol. The normalized spacial score (nSPS) is 18.0. The third-order valence-electron chi connectivity index (χ3n) is 3.79. The first kappa shape index (κ1) is 14.8. The minimum Gasteiger partial charge on any atom is -0.348 e. The van der Waals surface area contributed by atoms with Crippen molar-refractivity contribution in [3.8, 4) is 0 Å². The lowest BCUT2D eigenvalue weighted by Crippen LogP contribution is -2.42. The van der Waals surface area contributed by atoms with Gasteiger partial charge in [-0.3, -0.25) is 0 Å². The van der Waals surface area contributed by atoms with Crippen molar-refractivity contribution in [2.75, 3.05) is 29.9 Å². The fourth-order valence-electron chi connectivity index (χ4n) is 2.71. The van der Waals surface area contributed by atoms with Crippen LogP contribution in [0.15, 0.2) is 41.9 Å². The number of aromatic nitrogens is 1. The van der Waals surface area contributed by atoms with Crippen LogP contribution in [0.3, 0.4) is 0 Å². The first-order chi connectivity index (χ1) is 10.8. The molecule has 116 valence electrons. The van der Waals surface area contributed by atoms with E-state index in [0.717, 1.165) is 36.8 Å². The van der Waals surface area contributed by atoms with Gasteiger partial charge < -0.3 is 15.5 Å². The van der Waals surface area contributed by atoms with E-state index >= 15 is 0 Å². The van der Waals surface area contributed by atoms with Gasteiger partial charge in [-0.25, -0.2) is 9.78 Å². The summed E-state index contributed by atoms with van der Waals surface area (Å²) in [6.07, 6.45) is 4.13. The molecule has 2 heterocycles. The molecule has 1 atom stereocenters. The maximum Gasteiger partial charge on any atom is 0.319 e. The molecule has 0 radical (unpaired) electrons. The molecule has 1 unspecified atom stereocenters. The maximum absolute atomic E-state index is 11.9. The van der Waals surface area contributed by atoms with Gasteiger partial charge in [0.25, 0.3) is 0 Å². The van der Waals surface area contributed by atoms with Crippen molar-refractivity contribution >= 4 is 28.2 Å². The number of hydrogen-bond acceptors (Lipinski definition) is 4. The summed E-state index contributed by atoms with van der Waals surface area (Å²) in [5.74, 6) is 0.471. The largest absolute Gasteiger partial charge is 0.348 e. The lowest BCUT2D eigenvalue weighted by Gasteiger charge is -2.32. The Hall–Kier alpha value is -2.08. The molecule has 1 fully saturated rings. The summed E-state index contributed by atoms with van der Waals surface area (Å²) in [7, 11) is 0. The second kappa shape index (κ2) is 7.26. The molecule has 0 spiro atoms. The quantitative estimate of drug-likeness (QED) is 0.911. The summed E-state index contributed by atoms with van der Waals surface area (Å²) in [6, 6.07) is 9.36. The van der Waals surface area contributed by atoms with Crippen molar-refractivity contribution < 1.29 is 4.79 Å². The van der Waals surface area contributed by atoms with Crippen molar-refractivity contribution in [3.63, 3.8) is 0 Å². The van der Waals surface area contributed by atoms with Crippen LogP contribution < -0.4 is 15.5 Å². The van der Waals surface area contributed by atoms with E-state index in [1.807, 2.05) is 41.9 Å². The van der Waals surface area contributed by atoms with Gasteiger partial charge in [0.2, 0.25) is 0 Å². The van der Waals surface area contributed by atoms with Gasteiger partial charge in [0.05, 0.1) is 0 Å². The number of carbonyl (C=O) groups excluding carboxylic acids is 1. The Kier molecular flexibility index (Phi) is 4.90. The Labute approximate surface area is 134 Å². The average molecular weight is 316 g/mol. The molecule has 2 aromatic rings.